The normalized spacial score (nSPS) is 11.9. The van der Waals surface area contributed by atoms with Gasteiger partial charge in [-0.05, 0) is 64.0 Å². The molecule has 0 spiro atoms. The number of carbonyl (C=O) groups excluding carboxylic acids is 1. The first-order chi connectivity index (χ1) is 11.2. The minimum Gasteiger partial charge on any atom is -0.354 e. The Balaban J connectivity index is 2.00. The molecule has 1 aromatic carbocycles. The van der Waals surface area contributed by atoms with Gasteiger partial charge in [0, 0.05) is 24.1 Å². The minimum absolute atomic E-state index is 0.0940. The van der Waals surface area contributed by atoms with Crippen LogP contribution < -0.4 is 10.9 Å². The molecular formula is C18H24FN3O2. The van der Waals surface area contributed by atoms with E-state index in [4.69, 9.17) is 0 Å². The quantitative estimate of drug-likeness (QED) is 0.850. The molecule has 0 unspecified atom stereocenters. The first kappa shape index (κ1) is 18.1. The molecule has 5 nitrogen and oxygen atoms in total. The molecule has 0 bridgehead atoms. The maximum Gasteiger partial charge on any atom is 0.251 e. The van der Waals surface area contributed by atoms with E-state index in [2.05, 4.69) is 10.3 Å². The number of aromatic amines is 1. The van der Waals surface area contributed by atoms with Crippen LogP contribution in [0.2, 0.25) is 0 Å². The number of pyridine rings is 1. The highest BCUT2D eigenvalue weighted by molar-refractivity contribution is 5.79. The number of nitrogens with zero attached hydrogens (tertiary/aromatic N) is 1. The average Bonchev–Trinajstić information content (AvgIpc) is 2.50. The van der Waals surface area contributed by atoms with E-state index < -0.39 is 5.82 Å². The summed E-state index contributed by atoms with van der Waals surface area (Å²) in [6.45, 7) is 4.62. The molecule has 0 aliphatic rings. The molecule has 0 fully saturated rings. The van der Waals surface area contributed by atoms with Crippen LogP contribution in [-0.2, 0) is 11.2 Å². The summed E-state index contributed by atoms with van der Waals surface area (Å²) in [4.78, 5) is 28.8. The Morgan fingerprint density at radius 1 is 1.29 bits per heavy atom. The number of rotatable bonds is 6. The average molecular weight is 333 g/mol. The van der Waals surface area contributed by atoms with Crippen LogP contribution in [0.15, 0.2) is 29.1 Å². The number of H-pyrrole nitrogens is 1. The molecule has 0 aliphatic heterocycles. The fourth-order valence-corrected chi connectivity index (χ4v) is 2.21. The Bertz CT molecular complexity index is 796. The third-order valence-corrected chi connectivity index (χ3v) is 4.44. The Hall–Kier alpha value is -2.21. The van der Waals surface area contributed by atoms with Gasteiger partial charge in [-0.25, -0.2) is 4.39 Å². The van der Waals surface area contributed by atoms with Crippen LogP contribution in [-0.4, -0.2) is 42.0 Å². The Morgan fingerprint density at radius 2 is 2.00 bits per heavy atom. The maximum absolute atomic E-state index is 13.2. The van der Waals surface area contributed by atoms with E-state index in [9.17, 15) is 14.0 Å². The van der Waals surface area contributed by atoms with Gasteiger partial charge in [-0.3, -0.25) is 9.59 Å². The van der Waals surface area contributed by atoms with Gasteiger partial charge in [0.15, 0.2) is 0 Å². The zero-order chi connectivity index (χ0) is 17.9. The SMILES string of the molecule is CN(C)C(C)(C)CNC(=O)CCc1cc2ccc(F)cc2[nH]c1=O. The van der Waals surface area contributed by atoms with Crippen LogP contribution in [0.5, 0.6) is 0 Å². The van der Waals surface area contributed by atoms with Gasteiger partial charge in [-0.15, -0.1) is 0 Å². The number of hydrogen-bond donors (Lipinski definition) is 2. The Morgan fingerprint density at radius 3 is 2.67 bits per heavy atom. The van der Waals surface area contributed by atoms with Gasteiger partial charge in [-0.2, -0.15) is 0 Å². The summed E-state index contributed by atoms with van der Waals surface area (Å²) in [6, 6.07) is 5.96. The van der Waals surface area contributed by atoms with Crippen LogP contribution in [0.3, 0.4) is 0 Å². The second-order valence-corrected chi connectivity index (χ2v) is 6.84. The summed E-state index contributed by atoms with van der Waals surface area (Å²) in [5, 5.41) is 3.65. The minimum atomic E-state index is -0.395. The lowest BCUT2D eigenvalue weighted by Gasteiger charge is -2.32. The van der Waals surface area contributed by atoms with Crippen molar-refractivity contribution in [3.05, 3.63) is 46.0 Å². The molecule has 1 aromatic heterocycles. The number of amides is 1. The van der Waals surface area contributed by atoms with E-state index >= 15 is 0 Å². The van der Waals surface area contributed by atoms with Gasteiger partial charge in [0.1, 0.15) is 5.82 Å². The van der Waals surface area contributed by atoms with E-state index in [0.717, 1.165) is 5.39 Å². The highest BCUT2D eigenvalue weighted by atomic mass is 19.1. The number of aromatic nitrogens is 1. The summed E-state index contributed by atoms with van der Waals surface area (Å²) >= 11 is 0. The highest BCUT2D eigenvalue weighted by Crippen LogP contribution is 2.13. The molecular weight excluding hydrogens is 309 g/mol. The third-order valence-electron chi connectivity index (χ3n) is 4.44. The van der Waals surface area contributed by atoms with Gasteiger partial charge in [0.2, 0.25) is 5.91 Å². The number of likely N-dealkylation sites (N-methyl/N-ethyl adjacent to an activating group) is 1. The fraction of sp³-hybridized carbons (Fsp3) is 0.444. The lowest BCUT2D eigenvalue weighted by molar-refractivity contribution is -0.121. The van der Waals surface area contributed by atoms with Crippen molar-refractivity contribution < 1.29 is 9.18 Å². The van der Waals surface area contributed by atoms with Crippen molar-refractivity contribution in [2.45, 2.75) is 32.2 Å². The van der Waals surface area contributed by atoms with Crippen molar-refractivity contribution in [2.75, 3.05) is 20.6 Å². The summed E-state index contributed by atoms with van der Waals surface area (Å²) in [7, 11) is 3.92. The fourth-order valence-electron chi connectivity index (χ4n) is 2.21. The van der Waals surface area contributed by atoms with Crippen LogP contribution in [0, 0.1) is 5.82 Å². The molecule has 0 aliphatic carbocycles. The maximum atomic E-state index is 13.2. The summed E-state index contributed by atoms with van der Waals surface area (Å²) in [5.41, 5.74) is 0.562. The number of hydrogen-bond acceptors (Lipinski definition) is 3. The molecule has 2 aromatic rings. The zero-order valence-electron chi connectivity index (χ0n) is 14.6. The number of nitrogens with one attached hydrogen (secondary N) is 2. The molecule has 2 rings (SSSR count). The van der Waals surface area contributed by atoms with Crippen LogP contribution in [0.25, 0.3) is 10.9 Å². The van der Waals surface area contributed by atoms with E-state index in [1.54, 1.807) is 12.1 Å². The van der Waals surface area contributed by atoms with Crippen molar-refractivity contribution >= 4 is 16.8 Å². The second kappa shape index (κ2) is 7.13. The van der Waals surface area contributed by atoms with Gasteiger partial charge in [-0.1, -0.05) is 0 Å². The summed E-state index contributed by atoms with van der Waals surface area (Å²) < 4.78 is 13.2. The molecule has 6 heteroatoms. The lowest BCUT2D eigenvalue weighted by atomic mass is 10.0. The molecule has 1 heterocycles. The van der Waals surface area contributed by atoms with Gasteiger partial charge < -0.3 is 15.2 Å². The van der Waals surface area contributed by atoms with E-state index in [0.29, 0.717) is 24.0 Å². The molecule has 0 atom stereocenters. The van der Waals surface area contributed by atoms with E-state index in [1.165, 1.54) is 12.1 Å². The number of fused-ring (bicyclic) bond motifs is 1. The molecule has 0 radical (unpaired) electrons. The first-order valence-corrected chi connectivity index (χ1v) is 7.94. The van der Waals surface area contributed by atoms with Crippen molar-refractivity contribution in [1.82, 2.24) is 15.2 Å². The van der Waals surface area contributed by atoms with Crippen molar-refractivity contribution in [1.29, 1.82) is 0 Å². The van der Waals surface area contributed by atoms with Crippen LogP contribution in [0.1, 0.15) is 25.8 Å². The second-order valence-electron chi connectivity index (χ2n) is 6.84. The monoisotopic (exact) mass is 333 g/mol. The van der Waals surface area contributed by atoms with Crippen molar-refractivity contribution in [2.24, 2.45) is 0 Å². The molecule has 2 N–H and O–H groups in total. The first-order valence-electron chi connectivity index (χ1n) is 7.94. The number of halogens is 1. The predicted molar refractivity (Wildman–Crippen MR) is 93.6 cm³/mol. The highest BCUT2D eigenvalue weighted by Gasteiger charge is 2.21. The van der Waals surface area contributed by atoms with Gasteiger partial charge in [0.25, 0.3) is 5.56 Å². The van der Waals surface area contributed by atoms with E-state index in [-0.39, 0.29) is 23.4 Å². The zero-order valence-corrected chi connectivity index (χ0v) is 14.6. The van der Waals surface area contributed by atoms with E-state index in [1.807, 2.05) is 32.8 Å². The van der Waals surface area contributed by atoms with Crippen LogP contribution in [0.4, 0.5) is 4.39 Å². The number of aryl methyl sites for hydroxylation is 1. The number of benzene rings is 1. The third kappa shape index (κ3) is 4.41. The predicted octanol–water partition coefficient (Wildman–Crippen LogP) is 2.06. The Kier molecular flexibility index (Phi) is 5.39. The number of carbonyl (C=O) groups is 1. The Labute approximate surface area is 140 Å². The molecule has 0 saturated heterocycles. The molecule has 0 saturated carbocycles. The van der Waals surface area contributed by atoms with Gasteiger partial charge in [0.05, 0.1) is 5.52 Å². The summed E-state index contributed by atoms with van der Waals surface area (Å²) in [6.07, 6.45) is 0.580. The summed E-state index contributed by atoms with van der Waals surface area (Å²) in [5.74, 6) is -0.489. The smallest absolute Gasteiger partial charge is 0.251 e. The molecule has 1 amide bonds. The largest absolute Gasteiger partial charge is 0.354 e. The lowest BCUT2D eigenvalue weighted by Crippen LogP contribution is -2.48. The molecule has 130 valence electrons. The van der Waals surface area contributed by atoms with Crippen molar-refractivity contribution in [3.8, 4) is 0 Å². The van der Waals surface area contributed by atoms with Crippen LogP contribution >= 0.6 is 0 Å². The van der Waals surface area contributed by atoms with Crippen molar-refractivity contribution in [3.63, 3.8) is 0 Å². The topological polar surface area (TPSA) is 65.2 Å². The standard InChI is InChI=1S/C18H24FN3O2/c1-18(2,22(3)4)11-20-16(23)8-6-13-9-12-5-7-14(19)10-15(12)21-17(13)24/h5,7,9-10H,6,8,11H2,1-4H3,(H,20,23)(H,21,24). The molecule has 24 heavy (non-hydrogen) atoms. The van der Waals surface area contributed by atoms with Gasteiger partial charge >= 0.3 is 0 Å².